The molecule has 1 aliphatic heterocycles. The lowest BCUT2D eigenvalue weighted by atomic mass is 9.97. The van der Waals surface area contributed by atoms with Crippen LogP contribution in [0.15, 0.2) is 36.5 Å². The molecule has 0 saturated carbocycles. The number of hydrogen-bond acceptors (Lipinski definition) is 2. The molecule has 1 aliphatic rings. The van der Waals surface area contributed by atoms with Crippen LogP contribution in [0.4, 0.5) is 5.69 Å². The predicted octanol–water partition coefficient (Wildman–Crippen LogP) is 1.58. The number of allylic oxidation sites excluding steroid dienone is 1. The summed E-state index contributed by atoms with van der Waals surface area (Å²) in [6.07, 6.45) is 3.96. The number of nitrogens with two attached hydrogens (primary N) is 1. The molecule has 1 amide bonds. The Labute approximate surface area is 82.6 Å². The molecular weight excluding hydrogens is 176 g/mol. The molecule has 0 saturated heterocycles. The molecule has 1 unspecified atom stereocenters. The highest BCUT2D eigenvalue weighted by molar-refractivity contribution is 6.02. The molecule has 0 bridgehead atoms. The summed E-state index contributed by atoms with van der Waals surface area (Å²) in [7, 11) is 0. The molecule has 0 fully saturated rings. The van der Waals surface area contributed by atoms with Gasteiger partial charge in [0.05, 0.1) is 5.92 Å². The molecule has 0 aromatic heterocycles. The van der Waals surface area contributed by atoms with Crippen LogP contribution in [-0.4, -0.2) is 5.91 Å². The maximum absolute atomic E-state index is 11.6. The summed E-state index contributed by atoms with van der Waals surface area (Å²) in [4.78, 5) is 11.6. The molecule has 1 atom stereocenters. The normalized spacial score (nSPS) is 19.7. The van der Waals surface area contributed by atoms with E-state index in [9.17, 15) is 4.79 Å². The van der Waals surface area contributed by atoms with E-state index in [0.717, 1.165) is 11.3 Å². The first-order chi connectivity index (χ1) is 6.83. The van der Waals surface area contributed by atoms with Crippen molar-refractivity contribution in [3.8, 4) is 0 Å². The van der Waals surface area contributed by atoms with E-state index in [1.165, 1.54) is 6.20 Å². The van der Waals surface area contributed by atoms with Crippen LogP contribution >= 0.6 is 0 Å². The van der Waals surface area contributed by atoms with Crippen molar-refractivity contribution in [2.45, 2.75) is 12.3 Å². The lowest BCUT2D eigenvalue weighted by molar-refractivity contribution is -0.116. The van der Waals surface area contributed by atoms with E-state index < -0.39 is 0 Å². The quantitative estimate of drug-likeness (QED) is 0.740. The molecule has 3 nitrogen and oxygen atoms in total. The molecule has 1 aromatic carbocycles. The highest BCUT2D eigenvalue weighted by Gasteiger charge is 2.28. The molecule has 1 aromatic rings. The van der Waals surface area contributed by atoms with Crippen molar-refractivity contribution in [2.75, 3.05) is 5.32 Å². The maximum atomic E-state index is 11.6. The van der Waals surface area contributed by atoms with Gasteiger partial charge in [-0.15, -0.1) is 0 Å². The van der Waals surface area contributed by atoms with Gasteiger partial charge in [0.1, 0.15) is 0 Å². The van der Waals surface area contributed by atoms with E-state index in [1.807, 2.05) is 30.3 Å². The summed E-state index contributed by atoms with van der Waals surface area (Å²) >= 11 is 0. The molecule has 14 heavy (non-hydrogen) atoms. The number of rotatable bonds is 2. The zero-order chi connectivity index (χ0) is 9.97. The predicted molar refractivity (Wildman–Crippen MR) is 55.8 cm³/mol. The van der Waals surface area contributed by atoms with Gasteiger partial charge in [-0.2, -0.15) is 0 Å². The van der Waals surface area contributed by atoms with Crippen molar-refractivity contribution < 1.29 is 4.79 Å². The van der Waals surface area contributed by atoms with Crippen molar-refractivity contribution >= 4 is 11.6 Å². The van der Waals surface area contributed by atoms with Crippen molar-refractivity contribution in [3.63, 3.8) is 0 Å². The number of para-hydroxylation sites is 1. The summed E-state index contributed by atoms with van der Waals surface area (Å²) in [6, 6.07) is 7.75. The average molecular weight is 188 g/mol. The zero-order valence-corrected chi connectivity index (χ0v) is 7.73. The Hall–Kier alpha value is -1.77. The Morgan fingerprint density at radius 3 is 3.00 bits per heavy atom. The molecule has 0 aliphatic carbocycles. The first-order valence-electron chi connectivity index (χ1n) is 4.59. The number of benzene rings is 1. The number of anilines is 1. The van der Waals surface area contributed by atoms with Crippen LogP contribution in [0.2, 0.25) is 0 Å². The van der Waals surface area contributed by atoms with E-state index in [1.54, 1.807) is 0 Å². The lowest BCUT2D eigenvalue weighted by Crippen LogP contribution is -2.11. The van der Waals surface area contributed by atoms with Gasteiger partial charge in [-0.05, 0) is 24.3 Å². The monoisotopic (exact) mass is 188 g/mol. The van der Waals surface area contributed by atoms with Crippen LogP contribution in [0.1, 0.15) is 17.9 Å². The molecule has 1 heterocycles. The number of carbonyl (C=O) groups excluding carboxylic acids is 1. The Balaban J connectivity index is 2.30. The highest BCUT2D eigenvalue weighted by atomic mass is 16.2. The molecule has 0 spiro atoms. The first-order valence-corrected chi connectivity index (χ1v) is 4.59. The van der Waals surface area contributed by atoms with E-state index in [-0.39, 0.29) is 11.8 Å². The van der Waals surface area contributed by atoms with Gasteiger partial charge < -0.3 is 11.1 Å². The molecule has 72 valence electrons. The third-order valence-corrected chi connectivity index (χ3v) is 2.42. The largest absolute Gasteiger partial charge is 0.405 e. The number of fused-ring (bicyclic) bond motifs is 1. The smallest absolute Gasteiger partial charge is 0.232 e. The van der Waals surface area contributed by atoms with E-state index in [4.69, 9.17) is 5.73 Å². The SMILES string of the molecule is NC=CCC1C(=O)Nc2ccccc21. The standard InChI is InChI=1S/C11H12N2O/c12-7-3-5-9-8-4-1-2-6-10(8)13-11(9)14/h1-4,6-7,9H,5,12H2,(H,13,14). The van der Waals surface area contributed by atoms with Gasteiger partial charge in [0, 0.05) is 5.69 Å². The van der Waals surface area contributed by atoms with Crippen LogP contribution in [0, 0.1) is 0 Å². The van der Waals surface area contributed by atoms with Gasteiger partial charge in [-0.1, -0.05) is 24.3 Å². The van der Waals surface area contributed by atoms with E-state index >= 15 is 0 Å². The Kier molecular flexibility index (Phi) is 2.23. The second-order valence-corrected chi connectivity index (χ2v) is 3.29. The fourth-order valence-corrected chi connectivity index (χ4v) is 1.72. The van der Waals surface area contributed by atoms with Gasteiger partial charge in [-0.25, -0.2) is 0 Å². The Bertz CT molecular complexity index is 385. The molecule has 0 radical (unpaired) electrons. The minimum absolute atomic E-state index is 0.0595. The summed E-state index contributed by atoms with van der Waals surface area (Å²) in [5.74, 6) is -0.0182. The second kappa shape index (κ2) is 3.54. The summed E-state index contributed by atoms with van der Waals surface area (Å²) in [6.45, 7) is 0. The Morgan fingerprint density at radius 1 is 1.43 bits per heavy atom. The zero-order valence-electron chi connectivity index (χ0n) is 7.73. The molecule has 3 heteroatoms. The third kappa shape index (κ3) is 1.37. The van der Waals surface area contributed by atoms with Crippen LogP contribution in [0.25, 0.3) is 0 Å². The van der Waals surface area contributed by atoms with Crippen LogP contribution in [0.5, 0.6) is 0 Å². The number of carbonyl (C=O) groups is 1. The fraction of sp³-hybridized carbons (Fsp3) is 0.182. The minimum atomic E-state index is -0.0778. The lowest BCUT2D eigenvalue weighted by Gasteiger charge is -2.03. The maximum Gasteiger partial charge on any atom is 0.232 e. The van der Waals surface area contributed by atoms with Gasteiger partial charge in [0.25, 0.3) is 0 Å². The van der Waals surface area contributed by atoms with E-state index in [2.05, 4.69) is 5.32 Å². The average Bonchev–Trinajstić information content (AvgIpc) is 2.51. The van der Waals surface area contributed by atoms with Crippen LogP contribution in [-0.2, 0) is 4.79 Å². The minimum Gasteiger partial charge on any atom is -0.405 e. The highest BCUT2D eigenvalue weighted by Crippen LogP contribution is 2.34. The molecule has 2 rings (SSSR count). The van der Waals surface area contributed by atoms with Crippen molar-refractivity contribution in [1.82, 2.24) is 0 Å². The van der Waals surface area contributed by atoms with Crippen LogP contribution in [0.3, 0.4) is 0 Å². The van der Waals surface area contributed by atoms with Crippen molar-refractivity contribution in [2.24, 2.45) is 5.73 Å². The number of amides is 1. The van der Waals surface area contributed by atoms with Gasteiger partial charge in [0.2, 0.25) is 5.91 Å². The number of nitrogens with one attached hydrogen (secondary N) is 1. The number of hydrogen-bond donors (Lipinski definition) is 2. The third-order valence-electron chi connectivity index (χ3n) is 2.42. The summed E-state index contributed by atoms with van der Waals surface area (Å²) < 4.78 is 0. The van der Waals surface area contributed by atoms with Crippen LogP contribution < -0.4 is 11.1 Å². The molecular formula is C11H12N2O. The summed E-state index contributed by atoms with van der Waals surface area (Å²) in [5, 5.41) is 2.84. The van der Waals surface area contributed by atoms with Gasteiger partial charge in [-0.3, -0.25) is 4.79 Å². The van der Waals surface area contributed by atoms with Crippen molar-refractivity contribution in [3.05, 3.63) is 42.1 Å². The topological polar surface area (TPSA) is 55.1 Å². The Morgan fingerprint density at radius 2 is 2.21 bits per heavy atom. The first kappa shape index (κ1) is 8.81. The van der Waals surface area contributed by atoms with E-state index in [0.29, 0.717) is 6.42 Å². The summed E-state index contributed by atoms with van der Waals surface area (Å²) in [5.41, 5.74) is 7.25. The fourth-order valence-electron chi connectivity index (χ4n) is 1.72. The van der Waals surface area contributed by atoms with Crippen molar-refractivity contribution in [1.29, 1.82) is 0 Å². The second-order valence-electron chi connectivity index (χ2n) is 3.29. The molecule has 3 N–H and O–H groups in total. The van der Waals surface area contributed by atoms with Gasteiger partial charge in [0.15, 0.2) is 0 Å². The van der Waals surface area contributed by atoms with Gasteiger partial charge >= 0.3 is 0 Å².